The van der Waals surface area contributed by atoms with Crippen LogP contribution in [0.2, 0.25) is 0 Å². The molecule has 0 aromatic heterocycles. The normalized spacial score (nSPS) is 13.2. The molecule has 0 aliphatic rings. The molecule has 0 aliphatic heterocycles. The third-order valence-electron chi connectivity index (χ3n) is 4.12. The molecule has 5 heteroatoms. The Morgan fingerprint density at radius 2 is 1.26 bits per heavy atom. The fourth-order valence-corrected chi connectivity index (χ4v) is 2.93. The van der Waals surface area contributed by atoms with Gasteiger partial charge in [-0.3, -0.25) is 0 Å². The Bertz CT molecular complexity index is 366. The van der Waals surface area contributed by atoms with Crippen molar-refractivity contribution in [1.82, 2.24) is 0 Å². The van der Waals surface area contributed by atoms with Crippen LogP contribution in [0.25, 0.3) is 0 Å². The summed E-state index contributed by atoms with van der Waals surface area (Å²) in [7, 11) is -4.08. The molecular weight excluding hydrogens is 319 g/mol. The Kier molecular flexibility index (Phi) is 19.7. The standard InChI is InChI=1S/C18H36O3S.Na/c1-3-4-5-6-7-8-9-10-11-12-13-14-15-16-17-18(2)22(19,20)21;/h10-11,18H,3-9,12-17H2,1-2H3,(H,19,20,21);/q;+1/p-1/b11-10-;. The van der Waals surface area contributed by atoms with Crippen LogP contribution in [-0.2, 0) is 10.1 Å². The van der Waals surface area contributed by atoms with Gasteiger partial charge in [0, 0.05) is 5.25 Å². The van der Waals surface area contributed by atoms with E-state index in [2.05, 4.69) is 19.1 Å². The second-order valence-electron chi connectivity index (χ2n) is 6.32. The second-order valence-corrected chi connectivity index (χ2v) is 8.11. The van der Waals surface area contributed by atoms with E-state index in [1.807, 2.05) is 0 Å². The smallest absolute Gasteiger partial charge is 0.748 e. The van der Waals surface area contributed by atoms with Crippen molar-refractivity contribution in [2.45, 2.75) is 103 Å². The molecule has 0 aliphatic carbocycles. The zero-order valence-electron chi connectivity index (χ0n) is 15.6. The number of allylic oxidation sites excluding steroid dienone is 2. The quantitative estimate of drug-likeness (QED) is 0.197. The van der Waals surface area contributed by atoms with Gasteiger partial charge in [-0.2, -0.15) is 0 Å². The Morgan fingerprint density at radius 3 is 1.74 bits per heavy atom. The van der Waals surface area contributed by atoms with Gasteiger partial charge >= 0.3 is 29.6 Å². The second kappa shape index (κ2) is 17.5. The average molecular weight is 355 g/mol. The van der Waals surface area contributed by atoms with Crippen LogP contribution in [0.5, 0.6) is 0 Å². The van der Waals surface area contributed by atoms with Crippen molar-refractivity contribution in [3.63, 3.8) is 0 Å². The van der Waals surface area contributed by atoms with Crippen molar-refractivity contribution in [2.24, 2.45) is 0 Å². The third kappa shape index (κ3) is 18.8. The molecule has 0 aromatic carbocycles. The maximum absolute atomic E-state index is 10.7. The summed E-state index contributed by atoms with van der Waals surface area (Å²) in [6.07, 6.45) is 19.6. The number of rotatable bonds is 15. The zero-order chi connectivity index (χ0) is 16.7. The van der Waals surface area contributed by atoms with Crippen LogP contribution in [0, 0.1) is 0 Å². The van der Waals surface area contributed by atoms with Gasteiger partial charge < -0.3 is 4.55 Å². The van der Waals surface area contributed by atoms with Crippen molar-refractivity contribution >= 4 is 10.1 Å². The predicted octanol–water partition coefficient (Wildman–Crippen LogP) is 2.57. The molecule has 0 heterocycles. The van der Waals surface area contributed by atoms with E-state index in [0.717, 1.165) is 32.1 Å². The Balaban J connectivity index is 0. The first-order valence-corrected chi connectivity index (χ1v) is 10.5. The minimum atomic E-state index is -4.08. The predicted molar refractivity (Wildman–Crippen MR) is 94.0 cm³/mol. The first kappa shape index (κ1) is 25.9. The summed E-state index contributed by atoms with van der Waals surface area (Å²) in [5.41, 5.74) is 0. The largest absolute Gasteiger partial charge is 1.00 e. The number of hydrogen-bond donors (Lipinski definition) is 0. The van der Waals surface area contributed by atoms with Gasteiger partial charge in [0.25, 0.3) is 0 Å². The minimum absolute atomic E-state index is 0. The van der Waals surface area contributed by atoms with E-state index >= 15 is 0 Å². The molecule has 0 rings (SSSR count). The molecule has 0 radical (unpaired) electrons. The topological polar surface area (TPSA) is 57.2 Å². The van der Waals surface area contributed by atoms with Gasteiger partial charge in [0.1, 0.15) is 0 Å². The van der Waals surface area contributed by atoms with E-state index < -0.39 is 15.4 Å². The van der Waals surface area contributed by atoms with Gasteiger partial charge in [-0.05, 0) is 39.0 Å². The molecule has 0 bridgehead atoms. The van der Waals surface area contributed by atoms with Gasteiger partial charge in [-0.15, -0.1) is 0 Å². The monoisotopic (exact) mass is 354 g/mol. The molecule has 0 saturated carbocycles. The van der Waals surface area contributed by atoms with E-state index in [4.69, 9.17) is 0 Å². The molecule has 1 atom stereocenters. The van der Waals surface area contributed by atoms with Gasteiger partial charge in [0.15, 0.2) is 0 Å². The van der Waals surface area contributed by atoms with Crippen molar-refractivity contribution in [3.05, 3.63) is 12.2 Å². The van der Waals surface area contributed by atoms with Crippen LogP contribution < -0.4 is 29.6 Å². The molecule has 1 unspecified atom stereocenters. The maximum Gasteiger partial charge on any atom is 1.00 e. The van der Waals surface area contributed by atoms with Gasteiger partial charge in [-0.1, -0.05) is 70.4 Å². The molecule has 0 saturated heterocycles. The van der Waals surface area contributed by atoms with Crippen LogP contribution in [0.4, 0.5) is 0 Å². The summed E-state index contributed by atoms with van der Waals surface area (Å²) >= 11 is 0. The minimum Gasteiger partial charge on any atom is -0.748 e. The van der Waals surface area contributed by atoms with Crippen molar-refractivity contribution < 1.29 is 42.5 Å². The van der Waals surface area contributed by atoms with Gasteiger partial charge in [-0.25, -0.2) is 8.42 Å². The molecule has 23 heavy (non-hydrogen) atoms. The first-order chi connectivity index (χ1) is 10.5. The third-order valence-corrected chi connectivity index (χ3v) is 5.34. The first-order valence-electron chi connectivity index (χ1n) is 9.08. The molecule has 0 fully saturated rings. The fourth-order valence-electron chi connectivity index (χ4n) is 2.47. The zero-order valence-corrected chi connectivity index (χ0v) is 18.4. The van der Waals surface area contributed by atoms with E-state index in [0.29, 0.717) is 6.42 Å². The molecule has 0 aromatic rings. The van der Waals surface area contributed by atoms with Crippen molar-refractivity contribution in [1.29, 1.82) is 0 Å². The summed E-state index contributed by atoms with van der Waals surface area (Å²) in [5.74, 6) is 0. The average Bonchev–Trinajstić information content (AvgIpc) is 2.46. The van der Waals surface area contributed by atoms with Crippen LogP contribution in [0.15, 0.2) is 12.2 Å². The summed E-state index contributed by atoms with van der Waals surface area (Å²) in [6, 6.07) is 0. The Hall–Kier alpha value is 0.650. The van der Waals surface area contributed by atoms with Crippen LogP contribution in [-0.4, -0.2) is 18.2 Å². The molecule has 3 nitrogen and oxygen atoms in total. The molecule has 0 amide bonds. The van der Waals surface area contributed by atoms with Crippen LogP contribution in [0.3, 0.4) is 0 Å². The fraction of sp³-hybridized carbons (Fsp3) is 0.889. The van der Waals surface area contributed by atoms with E-state index in [-0.39, 0.29) is 29.6 Å². The van der Waals surface area contributed by atoms with Crippen LogP contribution >= 0.6 is 0 Å². The van der Waals surface area contributed by atoms with Crippen molar-refractivity contribution in [2.75, 3.05) is 0 Å². The molecule has 0 spiro atoms. The van der Waals surface area contributed by atoms with E-state index in [1.165, 1.54) is 51.9 Å². The molecule has 0 N–H and O–H groups in total. The summed E-state index contributed by atoms with van der Waals surface area (Å²) in [5, 5.41) is -0.732. The summed E-state index contributed by atoms with van der Waals surface area (Å²) in [4.78, 5) is 0. The number of unbranched alkanes of at least 4 members (excludes halogenated alkanes) is 10. The van der Waals surface area contributed by atoms with Crippen molar-refractivity contribution in [3.8, 4) is 0 Å². The summed E-state index contributed by atoms with van der Waals surface area (Å²) < 4.78 is 32.2. The SMILES string of the molecule is CCCCCCCC/C=C\CCCCCCC(C)S(=O)(=O)[O-].[Na+]. The summed E-state index contributed by atoms with van der Waals surface area (Å²) in [6.45, 7) is 3.75. The maximum atomic E-state index is 10.7. The Labute approximate surface area is 166 Å². The van der Waals surface area contributed by atoms with Gasteiger partial charge in [0.2, 0.25) is 0 Å². The van der Waals surface area contributed by atoms with Crippen LogP contribution in [0.1, 0.15) is 97.3 Å². The van der Waals surface area contributed by atoms with Gasteiger partial charge in [0.05, 0.1) is 10.1 Å². The Morgan fingerprint density at radius 1 is 0.826 bits per heavy atom. The van der Waals surface area contributed by atoms with E-state index in [9.17, 15) is 13.0 Å². The number of hydrogen-bond acceptors (Lipinski definition) is 3. The molecule has 132 valence electrons. The van der Waals surface area contributed by atoms with E-state index in [1.54, 1.807) is 0 Å². The molecular formula is C18H35NaO3S.